The molecule has 7 heteroatoms. The molecule has 0 spiro atoms. The Labute approximate surface area is 117 Å². The van der Waals surface area contributed by atoms with E-state index in [0.29, 0.717) is 12.2 Å². The Kier molecular flexibility index (Phi) is 3.96. The lowest BCUT2D eigenvalue weighted by Gasteiger charge is -2.07. The summed E-state index contributed by atoms with van der Waals surface area (Å²) >= 11 is 3.30. The van der Waals surface area contributed by atoms with Gasteiger partial charge in [-0.15, -0.1) is 0 Å². The number of aromatic hydroxyl groups is 1. The third-order valence-corrected chi connectivity index (χ3v) is 2.86. The van der Waals surface area contributed by atoms with Crippen molar-refractivity contribution in [3.8, 4) is 5.75 Å². The summed E-state index contributed by atoms with van der Waals surface area (Å²) in [6.45, 7) is 0.401. The van der Waals surface area contributed by atoms with Crippen LogP contribution in [0.15, 0.2) is 41.1 Å². The number of hydrogen-bond acceptors (Lipinski definition) is 5. The van der Waals surface area contributed by atoms with Crippen LogP contribution in [-0.4, -0.2) is 15.0 Å². The third kappa shape index (κ3) is 3.41. The minimum Gasteiger partial charge on any atom is -0.508 e. The lowest BCUT2D eigenvalue weighted by atomic mass is 10.2. The zero-order valence-electron chi connectivity index (χ0n) is 9.71. The van der Waals surface area contributed by atoms with Crippen LogP contribution in [0.4, 0.5) is 11.4 Å². The highest BCUT2D eigenvalue weighted by Gasteiger charge is 2.14. The van der Waals surface area contributed by atoms with E-state index in [1.54, 1.807) is 12.4 Å². The maximum absolute atomic E-state index is 10.9. The smallest absolute Gasteiger partial charge is 0.296 e. The Morgan fingerprint density at radius 2 is 2.16 bits per heavy atom. The predicted molar refractivity (Wildman–Crippen MR) is 74.0 cm³/mol. The Morgan fingerprint density at radius 3 is 2.84 bits per heavy atom. The van der Waals surface area contributed by atoms with E-state index in [2.05, 4.69) is 26.2 Å². The van der Waals surface area contributed by atoms with E-state index in [9.17, 15) is 15.2 Å². The molecule has 0 aliphatic carbocycles. The van der Waals surface area contributed by atoms with Crippen LogP contribution in [0.3, 0.4) is 0 Å². The van der Waals surface area contributed by atoms with Crippen molar-refractivity contribution in [1.29, 1.82) is 0 Å². The molecule has 0 saturated heterocycles. The maximum atomic E-state index is 10.9. The fourth-order valence-electron chi connectivity index (χ4n) is 1.57. The van der Waals surface area contributed by atoms with Crippen LogP contribution >= 0.6 is 15.9 Å². The van der Waals surface area contributed by atoms with Crippen molar-refractivity contribution in [3.05, 3.63) is 56.8 Å². The fourth-order valence-corrected chi connectivity index (χ4v) is 1.98. The highest BCUT2D eigenvalue weighted by Crippen LogP contribution is 2.28. The molecule has 2 N–H and O–H groups in total. The highest BCUT2D eigenvalue weighted by molar-refractivity contribution is 9.10. The second kappa shape index (κ2) is 5.66. The molecule has 0 unspecified atom stereocenters. The zero-order valence-corrected chi connectivity index (χ0v) is 11.3. The molecule has 0 fully saturated rings. The normalized spacial score (nSPS) is 10.2. The molecule has 1 aromatic carbocycles. The first-order chi connectivity index (χ1) is 9.06. The van der Waals surface area contributed by atoms with Crippen LogP contribution in [0, 0.1) is 10.1 Å². The van der Waals surface area contributed by atoms with Gasteiger partial charge in [0, 0.05) is 23.4 Å². The standard InChI is InChI=1S/C12H10BrN3O3/c13-9-3-8(5-14-7-9)6-15-11-2-1-10(17)4-12(11)16(18)19/h1-5,7,15,17H,6H2. The number of phenolic OH excluding ortho intramolecular Hbond substituents is 1. The average molecular weight is 324 g/mol. The molecule has 1 heterocycles. The molecule has 0 radical (unpaired) electrons. The van der Waals surface area contributed by atoms with Crippen molar-refractivity contribution in [2.24, 2.45) is 0 Å². The summed E-state index contributed by atoms with van der Waals surface area (Å²) in [4.78, 5) is 14.3. The summed E-state index contributed by atoms with van der Waals surface area (Å²) in [7, 11) is 0. The number of hydrogen-bond donors (Lipinski definition) is 2. The monoisotopic (exact) mass is 323 g/mol. The summed E-state index contributed by atoms with van der Waals surface area (Å²) in [5.74, 6) is -0.138. The van der Waals surface area contributed by atoms with Gasteiger partial charge in [0.05, 0.1) is 11.0 Å². The van der Waals surface area contributed by atoms with Crippen LogP contribution in [0.1, 0.15) is 5.56 Å². The van der Waals surface area contributed by atoms with Crippen molar-refractivity contribution in [2.45, 2.75) is 6.54 Å². The van der Waals surface area contributed by atoms with E-state index in [0.717, 1.165) is 16.1 Å². The van der Waals surface area contributed by atoms with Gasteiger partial charge in [-0.25, -0.2) is 0 Å². The number of anilines is 1. The van der Waals surface area contributed by atoms with Gasteiger partial charge in [0.25, 0.3) is 5.69 Å². The highest BCUT2D eigenvalue weighted by atomic mass is 79.9. The Bertz CT molecular complexity index is 619. The topological polar surface area (TPSA) is 88.3 Å². The molecule has 0 saturated carbocycles. The molecular formula is C12H10BrN3O3. The van der Waals surface area contributed by atoms with E-state index in [-0.39, 0.29) is 11.4 Å². The van der Waals surface area contributed by atoms with Gasteiger partial charge in [0.1, 0.15) is 11.4 Å². The summed E-state index contributed by atoms with van der Waals surface area (Å²) in [6.07, 6.45) is 3.33. The minimum absolute atomic E-state index is 0.138. The van der Waals surface area contributed by atoms with Crippen LogP contribution in [0.25, 0.3) is 0 Å². The summed E-state index contributed by atoms with van der Waals surface area (Å²) in [6, 6.07) is 5.85. The van der Waals surface area contributed by atoms with Crippen LogP contribution in [0.5, 0.6) is 5.75 Å². The Hall–Kier alpha value is -2.15. The molecule has 0 aliphatic heterocycles. The first-order valence-corrected chi connectivity index (χ1v) is 6.16. The van der Waals surface area contributed by atoms with E-state index in [4.69, 9.17) is 0 Å². The molecule has 0 amide bonds. The second-order valence-electron chi connectivity index (χ2n) is 3.82. The van der Waals surface area contributed by atoms with Crippen molar-refractivity contribution in [1.82, 2.24) is 4.98 Å². The number of benzene rings is 1. The molecule has 2 aromatic rings. The van der Waals surface area contributed by atoms with Gasteiger partial charge in [-0.3, -0.25) is 15.1 Å². The van der Waals surface area contributed by atoms with Gasteiger partial charge in [-0.05, 0) is 39.7 Å². The van der Waals surface area contributed by atoms with Gasteiger partial charge in [-0.2, -0.15) is 0 Å². The lowest BCUT2D eigenvalue weighted by molar-refractivity contribution is -0.384. The first-order valence-electron chi connectivity index (χ1n) is 5.37. The van der Waals surface area contributed by atoms with Crippen molar-refractivity contribution in [2.75, 3.05) is 5.32 Å². The van der Waals surface area contributed by atoms with E-state index < -0.39 is 4.92 Å². The number of nitro benzene ring substituents is 1. The average Bonchev–Trinajstić information content (AvgIpc) is 2.37. The summed E-state index contributed by atoms with van der Waals surface area (Å²) in [5.41, 5.74) is 1.07. The number of nitrogens with one attached hydrogen (secondary N) is 1. The molecule has 1 aromatic heterocycles. The molecule has 6 nitrogen and oxygen atoms in total. The number of halogens is 1. The molecule has 19 heavy (non-hydrogen) atoms. The largest absolute Gasteiger partial charge is 0.508 e. The number of nitrogens with zero attached hydrogens (tertiary/aromatic N) is 2. The van der Waals surface area contributed by atoms with Gasteiger partial charge < -0.3 is 10.4 Å². The third-order valence-electron chi connectivity index (χ3n) is 2.42. The molecule has 0 aliphatic rings. The van der Waals surface area contributed by atoms with Crippen molar-refractivity contribution in [3.63, 3.8) is 0 Å². The quantitative estimate of drug-likeness (QED) is 0.513. The summed E-state index contributed by atoms with van der Waals surface area (Å²) < 4.78 is 0.840. The van der Waals surface area contributed by atoms with E-state index in [1.807, 2.05) is 6.07 Å². The number of aromatic nitrogens is 1. The molecular weight excluding hydrogens is 314 g/mol. The fraction of sp³-hybridized carbons (Fsp3) is 0.0833. The first kappa shape index (κ1) is 13.3. The maximum Gasteiger partial charge on any atom is 0.296 e. The van der Waals surface area contributed by atoms with Gasteiger partial charge in [0.15, 0.2) is 0 Å². The summed E-state index contributed by atoms with van der Waals surface area (Å²) in [5, 5.41) is 23.1. The van der Waals surface area contributed by atoms with Gasteiger partial charge in [0.2, 0.25) is 0 Å². The number of pyridine rings is 1. The van der Waals surface area contributed by atoms with Gasteiger partial charge >= 0.3 is 0 Å². The molecule has 0 bridgehead atoms. The SMILES string of the molecule is O=[N+]([O-])c1cc(O)ccc1NCc1cncc(Br)c1. The van der Waals surface area contributed by atoms with Crippen molar-refractivity contribution < 1.29 is 10.0 Å². The van der Waals surface area contributed by atoms with Crippen LogP contribution in [0.2, 0.25) is 0 Å². The molecule has 0 atom stereocenters. The van der Waals surface area contributed by atoms with Gasteiger partial charge in [-0.1, -0.05) is 0 Å². The number of nitro groups is 1. The van der Waals surface area contributed by atoms with Crippen LogP contribution in [-0.2, 0) is 6.54 Å². The van der Waals surface area contributed by atoms with Crippen LogP contribution < -0.4 is 5.32 Å². The predicted octanol–water partition coefficient (Wildman–Crippen LogP) is 3.07. The Balaban J connectivity index is 2.17. The van der Waals surface area contributed by atoms with Crippen molar-refractivity contribution >= 4 is 27.3 Å². The lowest BCUT2D eigenvalue weighted by Crippen LogP contribution is -2.02. The minimum atomic E-state index is -0.540. The second-order valence-corrected chi connectivity index (χ2v) is 4.74. The van der Waals surface area contributed by atoms with E-state index >= 15 is 0 Å². The Morgan fingerprint density at radius 1 is 1.37 bits per heavy atom. The number of phenols is 1. The molecule has 2 rings (SSSR count). The number of rotatable bonds is 4. The molecule has 98 valence electrons. The zero-order chi connectivity index (χ0) is 13.8. The van der Waals surface area contributed by atoms with E-state index in [1.165, 1.54) is 12.1 Å².